The molecule has 0 aliphatic carbocycles. The highest BCUT2D eigenvalue weighted by Crippen LogP contribution is 2.39. The second kappa shape index (κ2) is 10.3. The number of hydrogen-bond acceptors (Lipinski definition) is 4. The summed E-state index contributed by atoms with van der Waals surface area (Å²) in [6.07, 6.45) is 0.609. The highest BCUT2D eigenvalue weighted by Gasteiger charge is 2.31. The average molecular weight is 506 g/mol. The van der Waals surface area contributed by atoms with E-state index in [1.165, 1.54) is 18.6 Å². The number of nitrogens with one attached hydrogen (secondary N) is 1. The standard InChI is InChI=1S/C29H30F3N5/c1-20(21-10-5-3-6-11-21)34-25-19-23(14-15-33-25)27-26(22-12-9-13-24(18-22)29(30,31)32)35-28(36(27)2)37-16-7-4-8-17-37/h3,5-6,9-15,18-20H,4,7-8,16-17H2,1-2H3,(H,33,34). The molecule has 0 saturated carbocycles. The van der Waals surface area contributed by atoms with Crippen LogP contribution in [-0.2, 0) is 13.2 Å². The quantitative estimate of drug-likeness (QED) is 0.298. The molecule has 2 aromatic heterocycles. The number of benzene rings is 2. The molecule has 37 heavy (non-hydrogen) atoms. The minimum absolute atomic E-state index is 0.0299. The van der Waals surface area contributed by atoms with Crippen molar-refractivity contribution < 1.29 is 13.2 Å². The number of halogens is 3. The Hall–Kier alpha value is -3.81. The van der Waals surface area contributed by atoms with Crippen LogP contribution in [0.15, 0.2) is 72.9 Å². The first kappa shape index (κ1) is 24.9. The lowest BCUT2D eigenvalue weighted by atomic mass is 10.0. The Morgan fingerprint density at radius 2 is 1.65 bits per heavy atom. The van der Waals surface area contributed by atoms with Gasteiger partial charge in [0.2, 0.25) is 5.95 Å². The average Bonchev–Trinajstić information content (AvgIpc) is 3.26. The van der Waals surface area contributed by atoms with Gasteiger partial charge in [-0.05, 0) is 56.0 Å². The van der Waals surface area contributed by atoms with Gasteiger partial charge in [0.1, 0.15) is 5.82 Å². The van der Waals surface area contributed by atoms with Gasteiger partial charge in [-0.3, -0.25) is 0 Å². The third kappa shape index (κ3) is 5.33. The van der Waals surface area contributed by atoms with E-state index in [4.69, 9.17) is 4.98 Å². The highest BCUT2D eigenvalue weighted by atomic mass is 19.4. The van der Waals surface area contributed by atoms with E-state index in [2.05, 4.69) is 34.3 Å². The van der Waals surface area contributed by atoms with E-state index in [0.717, 1.165) is 54.8 Å². The predicted octanol–water partition coefficient (Wildman–Crippen LogP) is 7.33. The van der Waals surface area contributed by atoms with Gasteiger partial charge in [-0.2, -0.15) is 13.2 Å². The Balaban J connectivity index is 1.58. The summed E-state index contributed by atoms with van der Waals surface area (Å²) in [7, 11) is 1.93. The number of piperidine rings is 1. The summed E-state index contributed by atoms with van der Waals surface area (Å²) >= 11 is 0. The molecule has 3 heterocycles. The van der Waals surface area contributed by atoms with Gasteiger partial charge in [0.15, 0.2) is 0 Å². The molecule has 4 aromatic rings. The third-order valence-corrected chi connectivity index (χ3v) is 6.87. The fraction of sp³-hybridized carbons (Fsp3) is 0.310. The maximum atomic E-state index is 13.5. The van der Waals surface area contributed by atoms with Crippen LogP contribution in [0.25, 0.3) is 22.5 Å². The van der Waals surface area contributed by atoms with Crippen molar-refractivity contribution in [1.29, 1.82) is 0 Å². The van der Waals surface area contributed by atoms with E-state index in [1.54, 1.807) is 12.3 Å². The van der Waals surface area contributed by atoms with E-state index in [-0.39, 0.29) is 6.04 Å². The maximum absolute atomic E-state index is 13.5. The minimum Gasteiger partial charge on any atom is -0.364 e. The van der Waals surface area contributed by atoms with Crippen molar-refractivity contribution in [2.24, 2.45) is 7.05 Å². The number of imidazole rings is 1. The molecule has 1 fully saturated rings. The summed E-state index contributed by atoms with van der Waals surface area (Å²) in [5.74, 6) is 1.45. The van der Waals surface area contributed by atoms with Crippen molar-refractivity contribution in [1.82, 2.24) is 14.5 Å². The molecule has 2 aromatic carbocycles. The lowest BCUT2D eigenvalue weighted by Gasteiger charge is -2.27. The van der Waals surface area contributed by atoms with Gasteiger partial charge in [-0.1, -0.05) is 42.5 Å². The molecule has 0 spiro atoms. The van der Waals surface area contributed by atoms with Crippen molar-refractivity contribution >= 4 is 11.8 Å². The van der Waals surface area contributed by atoms with Crippen molar-refractivity contribution in [2.45, 2.75) is 38.4 Å². The van der Waals surface area contributed by atoms with Crippen LogP contribution < -0.4 is 10.2 Å². The number of hydrogen-bond donors (Lipinski definition) is 1. The van der Waals surface area contributed by atoms with Crippen molar-refractivity contribution in [3.63, 3.8) is 0 Å². The topological polar surface area (TPSA) is 46.0 Å². The number of nitrogens with zero attached hydrogens (tertiary/aromatic N) is 4. The molecule has 0 amide bonds. The zero-order valence-electron chi connectivity index (χ0n) is 21.0. The molecular weight excluding hydrogens is 475 g/mol. The Morgan fingerprint density at radius 3 is 2.38 bits per heavy atom. The molecule has 0 radical (unpaired) electrons. The summed E-state index contributed by atoms with van der Waals surface area (Å²) in [5.41, 5.74) is 3.01. The first-order valence-corrected chi connectivity index (χ1v) is 12.6. The van der Waals surface area contributed by atoms with Crippen LogP contribution >= 0.6 is 0 Å². The number of aromatic nitrogens is 3. The number of anilines is 2. The molecule has 5 rings (SSSR count). The number of pyridine rings is 1. The van der Waals surface area contributed by atoms with Crippen molar-refractivity contribution in [3.8, 4) is 22.5 Å². The van der Waals surface area contributed by atoms with Crippen LogP contribution in [0.4, 0.5) is 24.9 Å². The number of rotatable bonds is 6. The van der Waals surface area contributed by atoms with Crippen LogP contribution in [0, 0.1) is 0 Å². The summed E-state index contributed by atoms with van der Waals surface area (Å²) in [6.45, 7) is 3.82. The zero-order valence-corrected chi connectivity index (χ0v) is 21.0. The van der Waals surface area contributed by atoms with Crippen LogP contribution in [0.2, 0.25) is 0 Å². The van der Waals surface area contributed by atoms with Gasteiger partial charge in [-0.25, -0.2) is 9.97 Å². The molecule has 8 heteroatoms. The predicted molar refractivity (Wildman–Crippen MR) is 141 cm³/mol. The highest BCUT2D eigenvalue weighted by molar-refractivity contribution is 5.82. The number of alkyl halides is 3. The summed E-state index contributed by atoms with van der Waals surface area (Å²) in [5, 5.41) is 3.45. The molecule has 0 bridgehead atoms. The lowest BCUT2D eigenvalue weighted by Crippen LogP contribution is -2.31. The molecule has 1 aliphatic heterocycles. The molecule has 1 atom stereocenters. The molecule has 1 N–H and O–H groups in total. The molecule has 1 saturated heterocycles. The van der Waals surface area contributed by atoms with Gasteiger partial charge in [-0.15, -0.1) is 0 Å². The first-order valence-electron chi connectivity index (χ1n) is 12.6. The van der Waals surface area contributed by atoms with E-state index < -0.39 is 11.7 Å². The van der Waals surface area contributed by atoms with Crippen molar-refractivity contribution in [3.05, 3.63) is 84.1 Å². The molecule has 192 valence electrons. The molecule has 1 unspecified atom stereocenters. The Bertz CT molecular complexity index is 1360. The van der Waals surface area contributed by atoms with E-state index in [1.807, 2.05) is 41.9 Å². The van der Waals surface area contributed by atoms with Crippen molar-refractivity contribution in [2.75, 3.05) is 23.3 Å². The smallest absolute Gasteiger partial charge is 0.364 e. The Morgan fingerprint density at radius 1 is 0.892 bits per heavy atom. The summed E-state index contributed by atoms with van der Waals surface area (Å²) in [6, 6.07) is 19.3. The molecular formula is C29H30F3N5. The van der Waals surface area contributed by atoms with Gasteiger partial charge in [0, 0.05) is 43.5 Å². The van der Waals surface area contributed by atoms with E-state index in [9.17, 15) is 13.2 Å². The van der Waals surface area contributed by atoms with Gasteiger partial charge < -0.3 is 14.8 Å². The Labute approximate surface area is 215 Å². The summed E-state index contributed by atoms with van der Waals surface area (Å²) in [4.78, 5) is 11.7. The third-order valence-electron chi connectivity index (χ3n) is 6.87. The van der Waals surface area contributed by atoms with Crippen LogP contribution in [0.5, 0.6) is 0 Å². The van der Waals surface area contributed by atoms with Gasteiger partial charge >= 0.3 is 6.18 Å². The van der Waals surface area contributed by atoms with Crippen LogP contribution in [0.3, 0.4) is 0 Å². The monoisotopic (exact) mass is 505 g/mol. The second-order valence-electron chi connectivity index (χ2n) is 9.50. The lowest BCUT2D eigenvalue weighted by molar-refractivity contribution is -0.137. The van der Waals surface area contributed by atoms with Gasteiger partial charge in [0.05, 0.1) is 17.0 Å². The fourth-order valence-electron chi connectivity index (χ4n) is 4.94. The largest absolute Gasteiger partial charge is 0.416 e. The SMILES string of the molecule is CC(Nc1cc(-c2c(-c3cccc(C(F)(F)F)c3)nc(N3CCCCC3)n2C)ccn1)c1ccccc1. The molecule has 1 aliphatic rings. The van der Waals surface area contributed by atoms with E-state index in [0.29, 0.717) is 17.1 Å². The van der Waals surface area contributed by atoms with Crippen LogP contribution in [-0.4, -0.2) is 27.6 Å². The van der Waals surface area contributed by atoms with E-state index >= 15 is 0 Å². The Kier molecular flexibility index (Phi) is 6.91. The fourth-order valence-corrected chi connectivity index (χ4v) is 4.94. The second-order valence-corrected chi connectivity index (χ2v) is 9.50. The van der Waals surface area contributed by atoms with Crippen LogP contribution in [0.1, 0.15) is 43.4 Å². The maximum Gasteiger partial charge on any atom is 0.416 e. The van der Waals surface area contributed by atoms with Gasteiger partial charge in [0.25, 0.3) is 0 Å². The first-order chi connectivity index (χ1) is 17.8. The molecule has 5 nitrogen and oxygen atoms in total. The summed E-state index contributed by atoms with van der Waals surface area (Å²) < 4.78 is 42.6. The zero-order chi connectivity index (χ0) is 26.0. The normalized spacial score (nSPS) is 15.0. The minimum atomic E-state index is -4.43.